The zero-order valence-electron chi connectivity index (χ0n) is 29.6. The van der Waals surface area contributed by atoms with E-state index in [0.29, 0.717) is 24.5 Å². The largest absolute Gasteiger partial charge is 0.370 e. The van der Waals surface area contributed by atoms with Gasteiger partial charge in [0.2, 0.25) is 20.0 Å². The van der Waals surface area contributed by atoms with Gasteiger partial charge in [-0.2, -0.15) is 0 Å². The highest BCUT2D eigenvalue weighted by Gasteiger charge is 2.27. The van der Waals surface area contributed by atoms with Gasteiger partial charge in [0.05, 0.1) is 34.5 Å². The molecule has 0 saturated heterocycles. The SMILES string of the molecule is CCN(CCNS(C)(=O)=O)c1ccc(Nc2ccc(NS(=O)(=O)c3c(C(C)C)cc(C(C)C)cc3C(C)C)cc2NS(C)(=O)=O)c(C)c1. The highest BCUT2D eigenvalue weighted by molar-refractivity contribution is 7.93. The molecule has 0 heterocycles. The molecule has 3 aromatic rings. The summed E-state index contributed by atoms with van der Waals surface area (Å²) in [5, 5.41) is 3.28. The van der Waals surface area contributed by atoms with Crippen LogP contribution in [0.1, 0.15) is 88.5 Å². The van der Waals surface area contributed by atoms with Crippen molar-refractivity contribution in [2.75, 3.05) is 51.8 Å². The van der Waals surface area contributed by atoms with Crippen molar-refractivity contribution in [1.29, 1.82) is 0 Å². The molecule has 0 aliphatic rings. The minimum atomic E-state index is -4.07. The molecule has 0 aliphatic carbocycles. The van der Waals surface area contributed by atoms with Crippen molar-refractivity contribution < 1.29 is 25.3 Å². The molecule has 4 N–H and O–H groups in total. The number of hydrogen-bond acceptors (Lipinski definition) is 8. The van der Waals surface area contributed by atoms with Gasteiger partial charge in [0.25, 0.3) is 10.0 Å². The maximum atomic E-state index is 14.1. The molecule has 14 heteroatoms. The van der Waals surface area contributed by atoms with Gasteiger partial charge in [0, 0.05) is 31.0 Å². The van der Waals surface area contributed by atoms with Crippen LogP contribution in [0.2, 0.25) is 0 Å². The number of nitrogens with zero attached hydrogens (tertiary/aromatic N) is 1. The number of likely N-dealkylation sites (N-methyl/N-ethyl adjacent to an activating group) is 1. The third kappa shape index (κ3) is 10.6. The van der Waals surface area contributed by atoms with Gasteiger partial charge in [-0.1, -0.05) is 53.7 Å². The van der Waals surface area contributed by atoms with E-state index < -0.39 is 30.1 Å². The van der Waals surface area contributed by atoms with E-state index >= 15 is 0 Å². The molecule has 11 nitrogen and oxygen atoms in total. The van der Waals surface area contributed by atoms with Gasteiger partial charge in [-0.15, -0.1) is 0 Å². The number of sulfonamides is 3. The van der Waals surface area contributed by atoms with Gasteiger partial charge < -0.3 is 10.2 Å². The summed E-state index contributed by atoms with van der Waals surface area (Å²) >= 11 is 0. The summed E-state index contributed by atoms with van der Waals surface area (Å²) in [5.74, 6) is 0.124. The molecule has 0 spiro atoms. The van der Waals surface area contributed by atoms with Crippen LogP contribution in [0.25, 0.3) is 0 Å². The van der Waals surface area contributed by atoms with Crippen molar-refractivity contribution in [3.8, 4) is 0 Å². The molecule has 0 aromatic heterocycles. The number of aryl methyl sites for hydroxylation is 1. The van der Waals surface area contributed by atoms with Gasteiger partial charge in [-0.05, 0) is 90.3 Å². The molecule has 48 heavy (non-hydrogen) atoms. The quantitative estimate of drug-likeness (QED) is 0.128. The molecule has 0 saturated carbocycles. The maximum absolute atomic E-state index is 14.1. The Morgan fingerprint density at radius 2 is 1.27 bits per heavy atom. The van der Waals surface area contributed by atoms with E-state index in [-0.39, 0.29) is 40.6 Å². The van der Waals surface area contributed by atoms with E-state index in [2.05, 4.69) is 33.3 Å². The van der Waals surface area contributed by atoms with Gasteiger partial charge in [-0.25, -0.2) is 30.0 Å². The fourth-order valence-electron chi connectivity index (χ4n) is 5.37. The summed E-state index contributed by atoms with van der Waals surface area (Å²) in [6.45, 7) is 17.4. The topological polar surface area (TPSA) is 154 Å². The molecule has 0 radical (unpaired) electrons. The third-order valence-electron chi connectivity index (χ3n) is 7.89. The van der Waals surface area contributed by atoms with Gasteiger partial charge in [0.15, 0.2) is 0 Å². The molecule has 0 fully saturated rings. The first-order valence-corrected chi connectivity index (χ1v) is 21.3. The Balaban J connectivity index is 2.00. The zero-order valence-corrected chi connectivity index (χ0v) is 32.0. The van der Waals surface area contributed by atoms with Crippen molar-refractivity contribution in [3.05, 3.63) is 70.8 Å². The van der Waals surface area contributed by atoms with Crippen LogP contribution in [-0.2, 0) is 30.1 Å². The molecule has 0 bridgehead atoms. The highest BCUT2D eigenvalue weighted by atomic mass is 32.2. The standard InChI is InChI=1S/C34H51N5O6S3/c1-11-39(17-16-35-46(9,40)41)28-13-15-31(25(8)18-28)36-32-14-12-27(21-33(32)38-47(10,42)43)37-48(44,45)34-29(23(4)5)19-26(22(2)3)20-30(34)24(6)7/h12-15,18-24,35-38H,11,16-17H2,1-10H3. The predicted octanol–water partition coefficient (Wildman–Crippen LogP) is 6.66. The van der Waals surface area contributed by atoms with Gasteiger partial charge in [0.1, 0.15) is 0 Å². The molecule has 3 aromatic carbocycles. The molecule has 0 amide bonds. The first-order valence-electron chi connectivity index (χ1n) is 16.0. The second kappa shape index (κ2) is 15.5. The minimum absolute atomic E-state index is 0.0509. The van der Waals surface area contributed by atoms with E-state index in [1.807, 2.05) is 76.8 Å². The van der Waals surface area contributed by atoms with Crippen molar-refractivity contribution >= 4 is 58.5 Å². The van der Waals surface area contributed by atoms with E-state index in [0.717, 1.165) is 40.5 Å². The lowest BCUT2D eigenvalue weighted by atomic mass is 9.89. The summed E-state index contributed by atoms with van der Waals surface area (Å²) in [7, 11) is -11.1. The first kappa shape index (κ1) is 39.1. The lowest BCUT2D eigenvalue weighted by Crippen LogP contribution is -2.34. The average Bonchev–Trinajstić information content (AvgIpc) is 2.95. The zero-order chi connectivity index (χ0) is 36.2. The van der Waals surface area contributed by atoms with Crippen molar-refractivity contribution in [2.45, 2.75) is 78.0 Å². The first-order chi connectivity index (χ1) is 22.1. The van der Waals surface area contributed by atoms with E-state index in [4.69, 9.17) is 0 Å². The average molecular weight is 722 g/mol. The van der Waals surface area contributed by atoms with Crippen LogP contribution < -0.4 is 24.4 Å². The number of anilines is 5. The van der Waals surface area contributed by atoms with Crippen molar-refractivity contribution in [2.24, 2.45) is 0 Å². The number of benzene rings is 3. The van der Waals surface area contributed by atoms with Crippen molar-refractivity contribution in [3.63, 3.8) is 0 Å². The predicted molar refractivity (Wildman–Crippen MR) is 200 cm³/mol. The van der Waals surface area contributed by atoms with Crippen LogP contribution in [0.4, 0.5) is 28.4 Å². The second-order valence-electron chi connectivity index (χ2n) is 13.1. The van der Waals surface area contributed by atoms with Crippen molar-refractivity contribution in [1.82, 2.24) is 4.72 Å². The van der Waals surface area contributed by atoms with Gasteiger partial charge >= 0.3 is 0 Å². The third-order valence-corrected chi connectivity index (χ3v) is 10.7. The normalized spacial score (nSPS) is 12.5. The van der Waals surface area contributed by atoms with E-state index in [1.165, 1.54) is 6.07 Å². The Kier molecular flexibility index (Phi) is 12.6. The molecule has 3 rings (SSSR count). The lowest BCUT2D eigenvalue weighted by Gasteiger charge is -2.25. The molecular weight excluding hydrogens is 671 g/mol. The monoisotopic (exact) mass is 721 g/mol. The Bertz CT molecular complexity index is 1910. The Hall–Kier alpha value is -3.33. The van der Waals surface area contributed by atoms with Crippen LogP contribution in [-0.4, -0.2) is 57.4 Å². The van der Waals surface area contributed by atoms with E-state index in [1.54, 1.807) is 12.1 Å². The summed E-state index contributed by atoms with van der Waals surface area (Å²) < 4.78 is 83.6. The Labute approximate surface area is 288 Å². The fourth-order valence-corrected chi connectivity index (χ4v) is 8.15. The van der Waals surface area contributed by atoms with Crippen LogP contribution in [0.15, 0.2) is 53.4 Å². The molecular formula is C34H51N5O6S3. The van der Waals surface area contributed by atoms with E-state index in [9.17, 15) is 25.3 Å². The van der Waals surface area contributed by atoms with Crippen LogP contribution in [0.3, 0.4) is 0 Å². The lowest BCUT2D eigenvalue weighted by molar-refractivity contribution is 0.586. The number of nitrogens with one attached hydrogen (secondary N) is 4. The van der Waals surface area contributed by atoms with Crippen LogP contribution in [0.5, 0.6) is 0 Å². The smallest absolute Gasteiger partial charge is 0.262 e. The number of hydrogen-bond donors (Lipinski definition) is 4. The Morgan fingerprint density at radius 3 is 1.75 bits per heavy atom. The maximum Gasteiger partial charge on any atom is 0.262 e. The van der Waals surface area contributed by atoms with Gasteiger partial charge in [-0.3, -0.25) is 9.44 Å². The fraction of sp³-hybridized carbons (Fsp3) is 0.471. The van der Waals surface area contributed by atoms with Crippen LogP contribution >= 0.6 is 0 Å². The number of rotatable bonds is 16. The molecule has 0 atom stereocenters. The van der Waals surface area contributed by atoms with Crippen LogP contribution in [0, 0.1) is 6.92 Å². The summed E-state index contributed by atoms with van der Waals surface area (Å²) in [4.78, 5) is 2.29. The molecule has 0 aliphatic heterocycles. The molecule has 0 unspecified atom stereocenters. The second-order valence-corrected chi connectivity index (χ2v) is 18.3. The minimum Gasteiger partial charge on any atom is -0.370 e. The summed E-state index contributed by atoms with van der Waals surface area (Å²) in [5.41, 5.74) is 5.82. The molecule has 266 valence electrons. The summed E-state index contributed by atoms with van der Waals surface area (Å²) in [6.07, 6.45) is 2.16. The highest BCUT2D eigenvalue weighted by Crippen LogP contribution is 2.37. The Morgan fingerprint density at radius 1 is 0.688 bits per heavy atom. The summed E-state index contributed by atoms with van der Waals surface area (Å²) in [6, 6.07) is 14.3.